The van der Waals surface area contributed by atoms with Crippen LogP contribution in [0.1, 0.15) is 25.9 Å². The Labute approximate surface area is 272 Å². The summed E-state index contributed by atoms with van der Waals surface area (Å²) in [6, 6.07) is 0. The molecule has 23 heteroatoms. The molecule has 1 saturated heterocycles. The molecule has 0 saturated carbocycles. The van der Waals surface area contributed by atoms with E-state index in [1.165, 1.54) is 12.5 Å². The molecule has 256 valence electrons. The van der Waals surface area contributed by atoms with Gasteiger partial charge in [-0.25, -0.2) is 30.9 Å². The molecule has 0 aromatic carbocycles. The van der Waals surface area contributed by atoms with Crippen LogP contribution in [-0.2, 0) is 45.3 Å². The van der Waals surface area contributed by atoms with Crippen molar-refractivity contribution >= 4 is 51.0 Å². The number of aliphatic hydroxyl groups is 1. The van der Waals surface area contributed by atoms with Gasteiger partial charge in [0.05, 0.1) is 25.7 Å². The molecule has 4 aromatic heterocycles. The van der Waals surface area contributed by atoms with Gasteiger partial charge in [-0.2, -0.15) is 4.98 Å². The summed E-state index contributed by atoms with van der Waals surface area (Å²) in [5, 5.41) is 12.2. The number of aromatic amines is 1. The van der Waals surface area contributed by atoms with E-state index in [2.05, 4.69) is 40.1 Å². The fourth-order valence-corrected chi connectivity index (χ4v) is 5.98. The number of aromatic nitrogens is 8. The van der Waals surface area contributed by atoms with Crippen molar-refractivity contribution in [2.45, 2.75) is 51.6 Å². The summed E-state index contributed by atoms with van der Waals surface area (Å²) in [6.07, 6.45) is -2.61. The maximum Gasteiger partial charge on any atom is 0.695 e. The molecular weight excluding hydrogens is 681 g/mol. The van der Waals surface area contributed by atoms with E-state index in [9.17, 15) is 24.2 Å². The van der Waals surface area contributed by atoms with Crippen LogP contribution in [0.3, 0.4) is 0 Å². The molecule has 0 spiro atoms. The Hall–Kier alpha value is -3.96. The molecule has 5 heterocycles. The van der Waals surface area contributed by atoms with Crippen molar-refractivity contribution in [2.75, 3.05) is 31.7 Å². The van der Waals surface area contributed by atoms with Gasteiger partial charge in [0.1, 0.15) is 37.0 Å². The summed E-state index contributed by atoms with van der Waals surface area (Å²) in [5.74, 6) is -0.738. The smallest absolute Gasteiger partial charge is 0.388 e. The number of nitrogens with one attached hydrogen (secondary N) is 2. The number of rotatable bonds is 16. The maximum atomic E-state index is 15.8. The third-order valence-electron chi connectivity index (χ3n) is 6.84. The number of H-pyrrole nitrogens is 1. The van der Waals surface area contributed by atoms with Crippen LogP contribution < -0.4 is 10.9 Å². The number of hydrogen-bond donors (Lipinski definition) is 4. The second kappa shape index (κ2) is 16.0. The number of fused-ring (bicyclic) bond motifs is 2. The Morgan fingerprint density at radius 1 is 1.27 bits per heavy atom. The highest BCUT2D eigenvalue weighted by Crippen LogP contribution is 2.43. The monoisotopic (exact) mass is 711 g/mol. The molecule has 1 fully saturated rings. The molecule has 5 rings (SSSR count). The minimum absolute atomic E-state index is 0.00403. The van der Waals surface area contributed by atoms with Gasteiger partial charge >= 0.3 is 16.9 Å². The highest BCUT2D eigenvalue weighted by Gasteiger charge is 2.52. The van der Waals surface area contributed by atoms with Gasteiger partial charge in [0, 0.05) is 17.0 Å². The molecule has 4 N–H and O–H groups in total. The van der Waals surface area contributed by atoms with Crippen LogP contribution in [0.5, 0.6) is 0 Å². The number of anilines is 1. The number of imidazole rings is 2. The van der Waals surface area contributed by atoms with Crippen molar-refractivity contribution in [3.63, 3.8) is 0 Å². The van der Waals surface area contributed by atoms with Gasteiger partial charge in [-0.3, -0.25) is 24.5 Å². The van der Waals surface area contributed by atoms with E-state index in [-0.39, 0.29) is 50.0 Å². The molecule has 48 heavy (non-hydrogen) atoms. The number of aliphatic hydroxyl groups excluding tert-OH is 1. The van der Waals surface area contributed by atoms with E-state index in [1.54, 1.807) is 18.4 Å². The Bertz CT molecular complexity index is 1870. The maximum absolute atomic E-state index is 15.8. The lowest BCUT2D eigenvalue weighted by Gasteiger charge is -2.19. The van der Waals surface area contributed by atoms with Gasteiger partial charge in [-0.15, -0.1) is 9.42 Å². The molecule has 20 nitrogen and oxygen atoms in total. The minimum Gasteiger partial charge on any atom is -0.388 e. The molecule has 0 radical (unpaired) electrons. The molecule has 1 aliphatic rings. The first-order chi connectivity index (χ1) is 23.1. The zero-order chi connectivity index (χ0) is 34.4. The third kappa shape index (κ3) is 8.01. The summed E-state index contributed by atoms with van der Waals surface area (Å²) >= 11 is 0. The van der Waals surface area contributed by atoms with E-state index < -0.39 is 65.5 Å². The van der Waals surface area contributed by atoms with Crippen molar-refractivity contribution in [1.82, 2.24) is 39.0 Å². The van der Waals surface area contributed by atoms with Gasteiger partial charge in [-0.05, 0) is 0 Å². The van der Waals surface area contributed by atoms with Crippen LogP contribution >= 0.6 is 16.9 Å². The highest BCUT2D eigenvalue weighted by molar-refractivity contribution is 7.41. The Morgan fingerprint density at radius 3 is 2.79 bits per heavy atom. The standard InChI is InChI=1S/C25H29FN10O10P2/c1-13(2)22(38)33-25-32-21-18(23(39)34-25)30-12-36(21)24-19(46-47(40)41)17(26)15(45-24)10-44-48(42-6-4-27-3)43-7-5-35-16(9-37)31-14-8-28-11-29-20(14)35/h8,11-13,15,17,19,24,37H,4-7,9-10H2,1-2H3,(H2-,32,33,34,38,39,40,41)/p+1/t15-,17-,19-,24-,48?/m1/s1. The second-order valence-electron chi connectivity index (χ2n) is 10.3. The fourth-order valence-electron chi connectivity index (χ4n) is 4.60. The molecule has 1 aliphatic heterocycles. The van der Waals surface area contributed by atoms with Crippen molar-refractivity contribution in [3.8, 4) is 0 Å². The first-order valence-corrected chi connectivity index (χ1v) is 16.5. The topological polar surface area (TPSA) is 244 Å². The van der Waals surface area contributed by atoms with Crippen LogP contribution in [0.4, 0.5) is 10.3 Å². The second-order valence-corrected chi connectivity index (χ2v) is 12.2. The zero-order valence-electron chi connectivity index (χ0n) is 25.4. The Balaban J connectivity index is 1.31. The molecule has 6 atom stereocenters. The van der Waals surface area contributed by atoms with Crippen molar-refractivity contribution in [3.05, 3.63) is 46.4 Å². The SMILES string of the molecule is [C-]#[N+]CCOP(OCCn1c(CO)nc2cncnc21)OC[C@H]1O[C@@H](n2cnc3c(=O)[nH]c(NC(=O)C(C)C)nc32)[C@H](O[P+](=O)O)[C@@H]1F. The quantitative estimate of drug-likeness (QED) is 0.0731. The van der Waals surface area contributed by atoms with Crippen LogP contribution in [0.15, 0.2) is 23.6 Å². The molecule has 2 unspecified atom stereocenters. The number of alkyl halides is 1. The molecular formula is C25H30FN10O10P2+. The zero-order valence-corrected chi connectivity index (χ0v) is 27.2. The number of carbonyl (C=O) groups excluding carboxylic acids is 1. The van der Waals surface area contributed by atoms with Crippen molar-refractivity contribution in [2.24, 2.45) is 5.92 Å². The predicted molar refractivity (Wildman–Crippen MR) is 163 cm³/mol. The number of amides is 1. The van der Waals surface area contributed by atoms with Gasteiger partial charge < -0.3 is 32.8 Å². The van der Waals surface area contributed by atoms with Crippen LogP contribution in [0.2, 0.25) is 0 Å². The molecule has 0 bridgehead atoms. The highest BCUT2D eigenvalue weighted by atomic mass is 31.2. The summed E-state index contributed by atoms with van der Waals surface area (Å²) < 4.78 is 58.2. The van der Waals surface area contributed by atoms with Crippen LogP contribution in [0.25, 0.3) is 27.2 Å². The Morgan fingerprint density at radius 2 is 2.06 bits per heavy atom. The summed E-state index contributed by atoms with van der Waals surface area (Å²) in [5.41, 5.74) is -0.0619. The predicted octanol–water partition coefficient (Wildman–Crippen LogP) is 1.51. The largest absolute Gasteiger partial charge is 0.695 e. The van der Waals surface area contributed by atoms with E-state index >= 15 is 4.39 Å². The van der Waals surface area contributed by atoms with Crippen LogP contribution in [-0.4, -0.2) is 99.7 Å². The summed E-state index contributed by atoms with van der Waals surface area (Å²) in [4.78, 5) is 60.6. The average Bonchev–Trinajstić information content (AvgIpc) is 3.73. The van der Waals surface area contributed by atoms with Crippen molar-refractivity contribution in [1.29, 1.82) is 0 Å². The van der Waals surface area contributed by atoms with Gasteiger partial charge in [-0.1, -0.05) is 13.8 Å². The van der Waals surface area contributed by atoms with Crippen LogP contribution in [0, 0.1) is 12.5 Å². The van der Waals surface area contributed by atoms with Crippen molar-refractivity contribution < 1.29 is 46.6 Å². The third-order valence-corrected chi connectivity index (χ3v) is 8.41. The molecule has 1 amide bonds. The number of halogens is 1. The molecule has 4 aromatic rings. The summed E-state index contributed by atoms with van der Waals surface area (Å²) in [6.45, 7) is 9.53. The normalized spacial score (nSPS) is 20.4. The van der Waals surface area contributed by atoms with E-state index in [4.69, 9.17) is 29.4 Å². The van der Waals surface area contributed by atoms with Gasteiger partial charge in [0.2, 0.25) is 18.4 Å². The number of ether oxygens (including phenoxy) is 1. The first-order valence-electron chi connectivity index (χ1n) is 14.3. The van der Waals surface area contributed by atoms with E-state index in [0.717, 1.165) is 10.9 Å². The average molecular weight is 712 g/mol. The van der Waals surface area contributed by atoms with Gasteiger partial charge in [0.15, 0.2) is 35.3 Å². The fraction of sp³-hybridized carbons (Fsp3) is 0.520. The molecule has 0 aliphatic carbocycles. The first kappa shape index (κ1) is 35.3. The van der Waals surface area contributed by atoms with E-state index in [1.807, 2.05) is 0 Å². The lowest BCUT2D eigenvalue weighted by atomic mass is 10.1. The lowest BCUT2D eigenvalue weighted by Crippen LogP contribution is -2.31. The number of carbonyl (C=O) groups is 1. The Kier molecular flexibility index (Phi) is 11.8. The van der Waals surface area contributed by atoms with Gasteiger partial charge in [0.25, 0.3) is 5.56 Å². The number of hydrogen-bond acceptors (Lipinski definition) is 14. The lowest BCUT2D eigenvalue weighted by molar-refractivity contribution is -0.118. The summed E-state index contributed by atoms with van der Waals surface area (Å²) in [7, 11) is -5.48. The number of nitrogens with zero attached hydrogens (tertiary/aromatic N) is 8. The van der Waals surface area contributed by atoms with E-state index in [0.29, 0.717) is 17.0 Å². The minimum atomic E-state index is -3.31.